The third-order valence-corrected chi connectivity index (χ3v) is 0.795. The van der Waals surface area contributed by atoms with Gasteiger partial charge in [-0.1, -0.05) is 0 Å². The Labute approximate surface area is 53.6 Å². The number of primary amides is 2. The second-order valence-electron chi connectivity index (χ2n) is 0.930. The fourth-order valence-electron chi connectivity index (χ4n) is 0.109. The first-order valence-corrected chi connectivity index (χ1v) is 2.02. The third-order valence-electron chi connectivity index (χ3n) is 0.360. The van der Waals surface area contributed by atoms with Gasteiger partial charge in [-0.3, -0.25) is 0 Å². The van der Waals surface area contributed by atoms with E-state index in [0.717, 1.165) is 0 Å². The predicted octanol–water partition coefficient (Wildman–Crippen LogP) is -1.09. The number of hydrogen-bond donors (Lipinski definition) is 2. The normalized spacial score (nSPS) is 8.25. The molecule has 0 aromatic heterocycles. The van der Waals surface area contributed by atoms with E-state index in [2.05, 4.69) is 27.1 Å². The zero-order chi connectivity index (χ0) is 6.73. The Morgan fingerprint density at radius 3 is 1.50 bits per heavy atom. The molecule has 0 bridgehead atoms. The molecule has 0 saturated heterocycles. The average molecular weight is 161 g/mol. The first-order chi connectivity index (χ1) is 3.55. The Kier molecular flexibility index (Phi) is 2.28. The summed E-state index contributed by atoms with van der Waals surface area (Å²) in [4.78, 5) is 19.8. The van der Waals surface area contributed by atoms with Crippen LogP contribution in [-0.2, 0) is 15.7 Å². The number of carbonyl (C=O) groups is 2. The summed E-state index contributed by atoms with van der Waals surface area (Å²) >= 11 is 3.78. The summed E-state index contributed by atoms with van der Waals surface area (Å²) in [5, 5.41) is 0. The van der Waals surface area contributed by atoms with Crippen molar-refractivity contribution in [2.24, 2.45) is 11.5 Å². The molecule has 0 saturated carbocycles. The van der Waals surface area contributed by atoms with Crippen LogP contribution >= 0.6 is 0 Å². The first-order valence-electron chi connectivity index (χ1n) is 1.57. The minimum absolute atomic E-state index is 0.236. The van der Waals surface area contributed by atoms with Gasteiger partial charge < -0.3 is 0 Å². The quantitative estimate of drug-likeness (QED) is 0.441. The van der Waals surface area contributed by atoms with Gasteiger partial charge in [0.15, 0.2) is 0 Å². The van der Waals surface area contributed by atoms with Gasteiger partial charge in [-0.25, -0.2) is 0 Å². The number of nitrogens with zero attached hydrogens (tertiary/aromatic N) is 1. The molecule has 0 aliphatic carbocycles. The van der Waals surface area contributed by atoms with Crippen molar-refractivity contribution in [3.8, 4) is 0 Å². The van der Waals surface area contributed by atoms with Crippen LogP contribution in [0.3, 0.4) is 0 Å². The molecule has 49 valence electrons. The molecule has 0 unspecified atom stereocenters. The molecule has 5 nitrogen and oxygen atoms in total. The number of hydrogen-bond acceptors (Lipinski definition) is 2. The predicted molar refractivity (Wildman–Crippen MR) is 21.0 cm³/mol. The van der Waals surface area contributed by atoms with Crippen molar-refractivity contribution in [1.29, 1.82) is 0 Å². The molecule has 0 aliphatic heterocycles. The number of rotatable bonds is 0. The van der Waals surface area contributed by atoms with Crippen LogP contribution in [0.1, 0.15) is 0 Å². The van der Waals surface area contributed by atoms with Crippen LogP contribution in [0, 0.1) is 0 Å². The molecular formula is C2H4N3NiO2. The van der Waals surface area contributed by atoms with Crippen LogP contribution in [0.4, 0.5) is 9.59 Å². The van der Waals surface area contributed by atoms with Crippen molar-refractivity contribution >= 4 is 12.1 Å². The van der Waals surface area contributed by atoms with Crippen LogP contribution in [0.2, 0.25) is 0 Å². The van der Waals surface area contributed by atoms with E-state index in [0.29, 0.717) is 0 Å². The van der Waals surface area contributed by atoms with Crippen LogP contribution in [0.15, 0.2) is 0 Å². The molecule has 0 aliphatic rings. The van der Waals surface area contributed by atoms with E-state index in [9.17, 15) is 9.59 Å². The van der Waals surface area contributed by atoms with Gasteiger partial charge >= 0.3 is 52.8 Å². The summed E-state index contributed by atoms with van der Waals surface area (Å²) < 4.78 is 0.236. The minimum atomic E-state index is -1.02. The summed E-state index contributed by atoms with van der Waals surface area (Å²) in [7, 11) is 0. The van der Waals surface area contributed by atoms with Crippen LogP contribution in [0.25, 0.3) is 0 Å². The van der Waals surface area contributed by atoms with Crippen molar-refractivity contribution in [2.75, 3.05) is 0 Å². The molecular weight excluding hydrogens is 157 g/mol. The van der Waals surface area contributed by atoms with Crippen molar-refractivity contribution in [1.82, 2.24) is 3.98 Å². The van der Waals surface area contributed by atoms with E-state index < -0.39 is 12.1 Å². The topological polar surface area (TPSA) is 89.4 Å². The Morgan fingerprint density at radius 1 is 1.25 bits per heavy atom. The number of amides is 4. The first kappa shape index (κ1) is 7.23. The zero-order valence-corrected chi connectivity index (χ0v) is 4.72. The Morgan fingerprint density at radius 2 is 1.50 bits per heavy atom. The standard InChI is InChI=1S/C2H5N3O2.Ni/c3-1(6)5-2(4)7;/h(H5,3,4,5,6,7);/q;+1/p-1. The summed E-state index contributed by atoms with van der Waals surface area (Å²) in [5.74, 6) is 0. The third kappa shape index (κ3) is 1.79. The van der Waals surface area contributed by atoms with Crippen molar-refractivity contribution in [3.63, 3.8) is 0 Å². The van der Waals surface area contributed by atoms with E-state index in [4.69, 9.17) is 0 Å². The number of carbonyl (C=O) groups excluding carboxylic acids is 2. The van der Waals surface area contributed by atoms with Crippen LogP contribution in [-0.4, -0.2) is 16.0 Å². The van der Waals surface area contributed by atoms with Gasteiger partial charge in [0, 0.05) is 0 Å². The molecule has 6 heteroatoms. The Hall–Kier alpha value is -0.766. The molecule has 0 radical (unpaired) electrons. The number of urea groups is 2. The van der Waals surface area contributed by atoms with Gasteiger partial charge in [-0.2, -0.15) is 0 Å². The molecule has 0 aromatic carbocycles. The average Bonchev–Trinajstić information content (AvgIpc) is 1.64. The van der Waals surface area contributed by atoms with Crippen LogP contribution in [0.5, 0.6) is 0 Å². The fourth-order valence-corrected chi connectivity index (χ4v) is 0.109. The van der Waals surface area contributed by atoms with Gasteiger partial charge in [-0.15, -0.1) is 0 Å². The van der Waals surface area contributed by atoms with Gasteiger partial charge in [0.05, 0.1) is 0 Å². The SMILES string of the molecule is NC(=O)[N]([Ni])C(N)=O. The molecule has 0 fully saturated rings. The van der Waals surface area contributed by atoms with Crippen molar-refractivity contribution in [3.05, 3.63) is 0 Å². The number of nitrogens with two attached hydrogens (primary N) is 2. The van der Waals surface area contributed by atoms with Crippen molar-refractivity contribution < 1.29 is 25.3 Å². The molecule has 0 spiro atoms. The molecule has 4 amide bonds. The molecule has 8 heavy (non-hydrogen) atoms. The Balaban J connectivity index is 3.83. The molecule has 0 heterocycles. The maximum atomic E-state index is 9.89. The fraction of sp³-hybridized carbons (Fsp3) is 0. The zero-order valence-electron chi connectivity index (χ0n) is 3.73. The van der Waals surface area contributed by atoms with Crippen LogP contribution < -0.4 is 11.5 Å². The van der Waals surface area contributed by atoms with E-state index in [1.807, 2.05) is 0 Å². The summed E-state index contributed by atoms with van der Waals surface area (Å²) in [6.07, 6.45) is 0. The summed E-state index contributed by atoms with van der Waals surface area (Å²) in [6, 6.07) is -2.03. The monoisotopic (exact) mass is 160 g/mol. The maximum absolute atomic E-state index is 9.89. The van der Waals surface area contributed by atoms with Gasteiger partial charge in [0.2, 0.25) is 0 Å². The molecule has 0 aromatic rings. The van der Waals surface area contributed by atoms with E-state index >= 15 is 0 Å². The van der Waals surface area contributed by atoms with Gasteiger partial charge in [-0.05, 0) is 0 Å². The molecule has 4 N–H and O–H groups in total. The van der Waals surface area contributed by atoms with E-state index in [1.165, 1.54) is 0 Å². The summed E-state index contributed by atoms with van der Waals surface area (Å²) in [6.45, 7) is 0. The summed E-state index contributed by atoms with van der Waals surface area (Å²) in [5.41, 5.74) is 9.06. The Bertz CT molecular complexity index is 110. The second-order valence-corrected chi connectivity index (χ2v) is 1.37. The molecule has 0 rings (SSSR count). The number of imide groups is 1. The molecule has 0 atom stereocenters. The van der Waals surface area contributed by atoms with Crippen molar-refractivity contribution in [2.45, 2.75) is 0 Å². The van der Waals surface area contributed by atoms with E-state index in [-0.39, 0.29) is 3.98 Å². The van der Waals surface area contributed by atoms with E-state index in [1.54, 1.807) is 0 Å². The van der Waals surface area contributed by atoms with Gasteiger partial charge in [0.25, 0.3) is 0 Å². The van der Waals surface area contributed by atoms with Gasteiger partial charge in [0.1, 0.15) is 0 Å². The second kappa shape index (κ2) is 2.52.